The molecule has 0 saturated heterocycles. The molecule has 0 spiro atoms. The van der Waals surface area contributed by atoms with Crippen LogP contribution in [0.1, 0.15) is 10.6 Å². The first-order chi connectivity index (χ1) is 8.13. The minimum Gasteiger partial charge on any atom is -0.475 e. The number of ether oxygens (including phenoxy) is 1. The molecule has 0 aliphatic rings. The van der Waals surface area contributed by atoms with E-state index in [0.29, 0.717) is 18.2 Å². The Morgan fingerprint density at radius 1 is 1.53 bits per heavy atom. The van der Waals surface area contributed by atoms with E-state index < -0.39 is 5.97 Å². The molecular formula is C10H13NO5S. The maximum Gasteiger partial charge on any atom is 0.371 e. The van der Waals surface area contributed by atoms with Crippen LogP contribution in [0.4, 0.5) is 0 Å². The van der Waals surface area contributed by atoms with Crippen molar-refractivity contribution in [2.24, 2.45) is 0 Å². The summed E-state index contributed by atoms with van der Waals surface area (Å²) in [7, 11) is 1.55. The molecule has 7 heteroatoms. The number of methoxy groups -OCH3 is 1. The van der Waals surface area contributed by atoms with Gasteiger partial charge in [-0.3, -0.25) is 4.79 Å². The molecule has 17 heavy (non-hydrogen) atoms. The van der Waals surface area contributed by atoms with Gasteiger partial charge in [-0.05, 0) is 12.1 Å². The minimum absolute atomic E-state index is 0.132. The van der Waals surface area contributed by atoms with Gasteiger partial charge >= 0.3 is 5.97 Å². The lowest BCUT2D eigenvalue weighted by Gasteiger charge is -2.02. The van der Waals surface area contributed by atoms with Crippen LogP contribution in [0.15, 0.2) is 21.6 Å². The zero-order valence-corrected chi connectivity index (χ0v) is 10.1. The summed E-state index contributed by atoms with van der Waals surface area (Å²) in [5, 5.41) is 11.7. The quantitative estimate of drug-likeness (QED) is 0.557. The lowest BCUT2D eigenvalue weighted by Crippen LogP contribution is -2.28. The molecule has 1 heterocycles. The molecular weight excluding hydrogens is 246 g/mol. The van der Waals surface area contributed by atoms with Gasteiger partial charge in [0.25, 0.3) is 0 Å². The number of hydrogen-bond acceptors (Lipinski definition) is 5. The van der Waals surface area contributed by atoms with E-state index in [-0.39, 0.29) is 17.4 Å². The summed E-state index contributed by atoms with van der Waals surface area (Å²) in [6.07, 6.45) is 0. The Balaban J connectivity index is 2.29. The highest BCUT2D eigenvalue weighted by molar-refractivity contribution is 7.99. The maximum absolute atomic E-state index is 11.3. The van der Waals surface area contributed by atoms with Gasteiger partial charge in [-0.15, -0.1) is 0 Å². The van der Waals surface area contributed by atoms with Gasteiger partial charge in [0, 0.05) is 13.7 Å². The summed E-state index contributed by atoms with van der Waals surface area (Å²) < 4.78 is 9.76. The standard InChI is InChI=1S/C10H13NO5S/c1-15-5-4-11-8(12)6-17-9-3-2-7(16-9)10(13)14/h2-3H,4-6H2,1H3,(H,11,12)(H,13,14). The number of aromatic carboxylic acids is 1. The van der Waals surface area contributed by atoms with Crippen molar-refractivity contribution in [3.8, 4) is 0 Å². The van der Waals surface area contributed by atoms with Gasteiger partial charge < -0.3 is 19.6 Å². The summed E-state index contributed by atoms with van der Waals surface area (Å²) in [6, 6.07) is 2.88. The van der Waals surface area contributed by atoms with Crippen LogP contribution in [-0.4, -0.2) is 43.0 Å². The number of carboxylic acids is 1. The van der Waals surface area contributed by atoms with Crippen LogP contribution in [0.5, 0.6) is 0 Å². The van der Waals surface area contributed by atoms with E-state index in [4.69, 9.17) is 14.3 Å². The number of nitrogens with one attached hydrogen (secondary N) is 1. The van der Waals surface area contributed by atoms with Crippen molar-refractivity contribution in [2.45, 2.75) is 5.09 Å². The second-order valence-electron chi connectivity index (χ2n) is 3.06. The highest BCUT2D eigenvalue weighted by Gasteiger charge is 2.10. The van der Waals surface area contributed by atoms with E-state index in [2.05, 4.69) is 5.32 Å². The Labute approximate surface area is 102 Å². The second kappa shape index (κ2) is 6.97. The van der Waals surface area contributed by atoms with Crippen LogP contribution in [0, 0.1) is 0 Å². The molecule has 0 fully saturated rings. The SMILES string of the molecule is COCCNC(=O)CSc1ccc(C(=O)O)o1. The summed E-state index contributed by atoms with van der Waals surface area (Å²) in [6.45, 7) is 0.911. The van der Waals surface area contributed by atoms with Crippen molar-refractivity contribution in [3.63, 3.8) is 0 Å². The fourth-order valence-corrected chi connectivity index (χ4v) is 1.68. The highest BCUT2D eigenvalue weighted by atomic mass is 32.2. The molecule has 2 N–H and O–H groups in total. The van der Waals surface area contributed by atoms with Gasteiger partial charge in [0.15, 0.2) is 5.09 Å². The van der Waals surface area contributed by atoms with Crippen LogP contribution < -0.4 is 5.32 Å². The molecule has 0 aliphatic heterocycles. The summed E-state index contributed by atoms with van der Waals surface area (Å²) >= 11 is 1.14. The van der Waals surface area contributed by atoms with Gasteiger partial charge in [0.2, 0.25) is 11.7 Å². The molecule has 0 radical (unpaired) electrons. The molecule has 0 bridgehead atoms. The van der Waals surface area contributed by atoms with Crippen LogP contribution in [0.3, 0.4) is 0 Å². The van der Waals surface area contributed by atoms with E-state index in [9.17, 15) is 9.59 Å². The minimum atomic E-state index is -1.12. The van der Waals surface area contributed by atoms with Crippen molar-refractivity contribution in [3.05, 3.63) is 17.9 Å². The van der Waals surface area contributed by atoms with Crippen LogP contribution in [0.25, 0.3) is 0 Å². The molecule has 0 aliphatic carbocycles. The van der Waals surface area contributed by atoms with Crippen LogP contribution in [0.2, 0.25) is 0 Å². The molecule has 1 amide bonds. The van der Waals surface area contributed by atoms with E-state index in [1.807, 2.05) is 0 Å². The van der Waals surface area contributed by atoms with E-state index >= 15 is 0 Å². The number of thioether (sulfide) groups is 1. The highest BCUT2D eigenvalue weighted by Crippen LogP contribution is 2.20. The van der Waals surface area contributed by atoms with Crippen molar-refractivity contribution >= 4 is 23.6 Å². The number of hydrogen-bond donors (Lipinski definition) is 2. The van der Waals surface area contributed by atoms with Gasteiger partial charge in [-0.2, -0.15) is 0 Å². The molecule has 0 atom stereocenters. The van der Waals surface area contributed by atoms with Gasteiger partial charge in [-0.1, -0.05) is 11.8 Å². The van der Waals surface area contributed by atoms with Crippen LogP contribution >= 0.6 is 11.8 Å². The second-order valence-corrected chi connectivity index (χ2v) is 4.03. The first kappa shape index (κ1) is 13.6. The Hall–Kier alpha value is -1.47. The molecule has 0 unspecified atom stereocenters. The summed E-state index contributed by atoms with van der Waals surface area (Å²) in [4.78, 5) is 21.8. The fourth-order valence-electron chi connectivity index (χ4n) is 0.993. The number of carbonyl (C=O) groups excluding carboxylic acids is 1. The largest absolute Gasteiger partial charge is 0.475 e. The first-order valence-corrected chi connectivity index (χ1v) is 5.83. The average Bonchev–Trinajstić information content (AvgIpc) is 2.75. The molecule has 1 aromatic heterocycles. The van der Waals surface area contributed by atoms with Crippen molar-refractivity contribution in [1.82, 2.24) is 5.32 Å². The number of furan rings is 1. The third kappa shape index (κ3) is 4.92. The lowest BCUT2D eigenvalue weighted by atomic mass is 10.5. The van der Waals surface area contributed by atoms with E-state index in [1.54, 1.807) is 7.11 Å². The normalized spacial score (nSPS) is 10.2. The first-order valence-electron chi connectivity index (χ1n) is 4.85. The lowest BCUT2D eigenvalue weighted by molar-refractivity contribution is -0.118. The smallest absolute Gasteiger partial charge is 0.371 e. The number of carbonyl (C=O) groups is 2. The van der Waals surface area contributed by atoms with Crippen LogP contribution in [-0.2, 0) is 9.53 Å². The Morgan fingerprint density at radius 3 is 2.88 bits per heavy atom. The van der Waals surface area contributed by atoms with Gasteiger partial charge in [-0.25, -0.2) is 4.79 Å². The zero-order valence-electron chi connectivity index (χ0n) is 9.26. The van der Waals surface area contributed by atoms with Crippen molar-refractivity contribution < 1.29 is 23.8 Å². The molecule has 94 valence electrons. The number of rotatable bonds is 7. The average molecular weight is 259 g/mol. The van der Waals surface area contributed by atoms with Crippen molar-refractivity contribution in [1.29, 1.82) is 0 Å². The van der Waals surface area contributed by atoms with Gasteiger partial charge in [0.05, 0.1) is 12.4 Å². The fraction of sp³-hybridized carbons (Fsp3) is 0.400. The third-order valence-electron chi connectivity index (χ3n) is 1.77. The van der Waals surface area contributed by atoms with Gasteiger partial charge in [0.1, 0.15) is 0 Å². The number of amides is 1. The molecule has 0 aromatic carbocycles. The Morgan fingerprint density at radius 2 is 2.29 bits per heavy atom. The predicted octanol–water partition coefficient (Wildman–Crippen LogP) is 0.833. The Kier molecular flexibility index (Phi) is 5.58. The van der Waals surface area contributed by atoms with Crippen molar-refractivity contribution in [2.75, 3.05) is 26.0 Å². The molecule has 1 aromatic rings. The predicted molar refractivity (Wildman–Crippen MR) is 61.3 cm³/mol. The maximum atomic E-state index is 11.3. The molecule has 6 nitrogen and oxygen atoms in total. The van der Waals surface area contributed by atoms with E-state index in [0.717, 1.165) is 11.8 Å². The molecule has 0 saturated carbocycles. The summed E-state index contributed by atoms with van der Waals surface area (Å²) in [5.41, 5.74) is 0. The third-order valence-corrected chi connectivity index (χ3v) is 2.68. The van der Waals surface area contributed by atoms with E-state index in [1.165, 1.54) is 12.1 Å². The summed E-state index contributed by atoms with van der Waals surface area (Å²) in [5.74, 6) is -1.23. The zero-order chi connectivity index (χ0) is 12.7. The monoisotopic (exact) mass is 259 g/mol. The molecule has 1 rings (SSSR count). The Bertz CT molecular complexity index is 390. The topological polar surface area (TPSA) is 88.8 Å². The number of carboxylic acid groups (broad SMARTS) is 1.